The fourth-order valence-corrected chi connectivity index (χ4v) is 3.26. The standard InChI is InChI=1S/C20H19N3O2/c1-14-12-22(16-5-3-2-4-6-16)13-23-19(14)21-18(20(23)25)11-15-7-9-17(24)10-8-15/h2-10,24H,11-13H2,1H3. The lowest BCUT2D eigenvalue weighted by atomic mass is 10.1. The molecule has 1 amide bonds. The fourth-order valence-electron chi connectivity index (χ4n) is 3.26. The van der Waals surface area contributed by atoms with E-state index in [0.29, 0.717) is 18.8 Å². The number of aromatic hydroxyl groups is 1. The molecule has 2 aliphatic rings. The van der Waals surface area contributed by atoms with Crippen LogP contribution in [0, 0.1) is 0 Å². The highest BCUT2D eigenvalue weighted by molar-refractivity contribution is 6.41. The molecule has 0 fully saturated rings. The molecule has 1 N–H and O–H groups in total. The van der Waals surface area contributed by atoms with Crippen LogP contribution in [-0.2, 0) is 11.2 Å². The van der Waals surface area contributed by atoms with Gasteiger partial charge in [0.05, 0.1) is 0 Å². The van der Waals surface area contributed by atoms with Gasteiger partial charge in [-0.1, -0.05) is 30.3 Å². The second-order valence-electron chi connectivity index (χ2n) is 6.41. The van der Waals surface area contributed by atoms with Gasteiger partial charge in [0, 0.05) is 18.7 Å². The molecule has 2 aromatic carbocycles. The van der Waals surface area contributed by atoms with Gasteiger partial charge in [0.1, 0.15) is 24.0 Å². The van der Waals surface area contributed by atoms with Crippen molar-refractivity contribution in [2.24, 2.45) is 4.99 Å². The Bertz CT molecular complexity index is 870. The molecule has 4 rings (SSSR count). The second-order valence-corrected chi connectivity index (χ2v) is 6.41. The number of nitrogens with zero attached hydrogens (tertiary/aromatic N) is 3. The number of rotatable bonds is 3. The first-order valence-electron chi connectivity index (χ1n) is 8.29. The molecule has 5 heteroatoms. The minimum Gasteiger partial charge on any atom is -0.508 e. The predicted molar refractivity (Wildman–Crippen MR) is 97.4 cm³/mol. The molecule has 2 aliphatic heterocycles. The topological polar surface area (TPSA) is 56.1 Å². The Balaban J connectivity index is 1.57. The monoisotopic (exact) mass is 333 g/mol. The van der Waals surface area contributed by atoms with E-state index in [2.05, 4.69) is 22.0 Å². The van der Waals surface area contributed by atoms with E-state index in [1.54, 1.807) is 17.0 Å². The zero-order valence-electron chi connectivity index (χ0n) is 14.0. The number of para-hydroxylation sites is 1. The molecule has 0 bridgehead atoms. The van der Waals surface area contributed by atoms with Crippen molar-refractivity contribution in [2.75, 3.05) is 18.1 Å². The summed E-state index contributed by atoms with van der Waals surface area (Å²) in [4.78, 5) is 21.3. The van der Waals surface area contributed by atoms with Gasteiger partial charge in [0.2, 0.25) is 0 Å². The molecular formula is C20H19N3O2. The maximum absolute atomic E-state index is 12.8. The van der Waals surface area contributed by atoms with E-state index in [1.807, 2.05) is 37.3 Å². The van der Waals surface area contributed by atoms with E-state index in [0.717, 1.165) is 29.2 Å². The largest absolute Gasteiger partial charge is 0.508 e. The highest BCUT2D eigenvalue weighted by Crippen LogP contribution is 2.29. The van der Waals surface area contributed by atoms with Gasteiger partial charge in [0.25, 0.3) is 5.91 Å². The van der Waals surface area contributed by atoms with Crippen LogP contribution in [0.2, 0.25) is 0 Å². The van der Waals surface area contributed by atoms with Crippen LogP contribution < -0.4 is 4.90 Å². The van der Waals surface area contributed by atoms with E-state index >= 15 is 0 Å². The highest BCUT2D eigenvalue weighted by atomic mass is 16.3. The number of phenolic OH excluding ortho intramolecular Hbond substituents is 1. The van der Waals surface area contributed by atoms with Crippen LogP contribution in [-0.4, -0.2) is 34.8 Å². The minimum absolute atomic E-state index is 0.0388. The number of hydrogen-bond donors (Lipinski definition) is 1. The van der Waals surface area contributed by atoms with Gasteiger partial charge < -0.3 is 10.0 Å². The summed E-state index contributed by atoms with van der Waals surface area (Å²) in [6, 6.07) is 17.0. The van der Waals surface area contributed by atoms with Gasteiger partial charge >= 0.3 is 0 Å². The lowest BCUT2D eigenvalue weighted by Gasteiger charge is -2.35. The van der Waals surface area contributed by atoms with Crippen LogP contribution in [0.3, 0.4) is 0 Å². The van der Waals surface area contributed by atoms with Gasteiger partial charge in [-0.2, -0.15) is 0 Å². The first kappa shape index (κ1) is 15.4. The second kappa shape index (κ2) is 6.09. The summed E-state index contributed by atoms with van der Waals surface area (Å²) in [5.74, 6) is 0.965. The minimum atomic E-state index is -0.0388. The number of carbonyl (C=O) groups excluding carboxylic acids is 1. The lowest BCUT2D eigenvalue weighted by Crippen LogP contribution is -2.45. The van der Waals surface area contributed by atoms with Gasteiger partial charge in [-0.25, -0.2) is 4.99 Å². The van der Waals surface area contributed by atoms with Gasteiger partial charge in [0.15, 0.2) is 0 Å². The van der Waals surface area contributed by atoms with Crippen molar-refractivity contribution in [2.45, 2.75) is 13.3 Å². The number of carbonyl (C=O) groups is 1. The number of phenols is 1. The van der Waals surface area contributed by atoms with E-state index in [-0.39, 0.29) is 11.7 Å². The molecule has 0 unspecified atom stereocenters. The molecule has 126 valence electrons. The molecule has 0 aliphatic carbocycles. The van der Waals surface area contributed by atoms with Crippen LogP contribution in [0.25, 0.3) is 0 Å². The van der Waals surface area contributed by atoms with E-state index < -0.39 is 0 Å². The van der Waals surface area contributed by atoms with Crippen molar-refractivity contribution in [1.29, 1.82) is 0 Å². The smallest absolute Gasteiger partial charge is 0.275 e. The van der Waals surface area contributed by atoms with Crippen molar-refractivity contribution in [3.63, 3.8) is 0 Å². The number of anilines is 1. The average molecular weight is 333 g/mol. The zero-order chi connectivity index (χ0) is 17.4. The Hall–Kier alpha value is -3.08. The maximum atomic E-state index is 12.8. The van der Waals surface area contributed by atoms with E-state index in [1.165, 1.54) is 0 Å². The molecule has 0 saturated carbocycles. The Morgan fingerprint density at radius 3 is 2.52 bits per heavy atom. The Morgan fingerprint density at radius 1 is 1.08 bits per heavy atom. The molecule has 0 saturated heterocycles. The number of fused-ring (bicyclic) bond motifs is 1. The quantitative estimate of drug-likeness (QED) is 0.939. The van der Waals surface area contributed by atoms with Gasteiger partial charge in [-0.15, -0.1) is 0 Å². The fraction of sp³-hybridized carbons (Fsp3) is 0.200. The summed E-state index contributed by atoms with van der Waals surface area (Å²) >= 11 is 0. The maximum Gasteiger partial charge on any atom is 0.275 e. The molecule has 5 nitrogen and oxygen atoms in total. The number of hydrogen-bond acceptors (Lipinski definition) is 4. The lowest BCUT2D eigenvalue weighted by molar-refractivity contribution is -0.121. The van der Waals surface area contributed by atoms with Crippen LogP contribution in [0.5, 0.6) is 5.75 Å². The van der Waals surface area contributed by atoms with Crippen LogP contribution in [0.15, 0.2) is 71.0 Å². The third kappa shape index (κ3) is 2.89. The highest BCUT2D eigenvalue weighted by Gasteiger charge is 2.35. The summed E-state index contributed by atoms with van der Waals surface area (Å²) in [5, 5.41) is 9.39. The third-order valence-electron chi connectivity index (χ3n) is 4.54. The number of aliphatic imine (C=N–C) groups is 1. The SMILES string of the molecule is CC1=C2N=C(Cc3ccc(O)cc3)C(=O)N2CN(c2ccccc2)C1. The summed E-state index contributed by atoms with van der Waals surface area (Å²) in [6.45, 7) is 3.30. The number of benzene rings is 2. The first-order chi connectivity index (χ1) is 12.1. The first-order valence-corrected chi connectivity index (χ1v) is 8.29. The van der Waals surface area contributed by atoms with Crippen molar-refractivity contribution in [1.82, 2.24) is 4.90 Å². The predicted octanol–water partition coefficient (Wildman–Crippen LogP) is 2.93. The van der Waals surface area contributed by atoms with Gasteiger partial charge in [-0.3, -0.25) is 9.69 Å². The van der Waals surface area contributed by atoms with Crippen LogP contribution in [0.1, 0.15) is 12.5 Å². The summed E-state index contributed by atoms with van der Waals surface area (Å²) in [7, 11) is 0. The zero-order valence-corrected chi connectivity index (χ0v) is 14.0. The molecule has 0 spiro atoms. The Morgan fingerprint density at radius 2 is 1.80 bits per heavy atom. The van der Waals surface area contributed by atoms with Crippen LogP contribution in [0.4, 0.5) is 5.69 Å². The summed E-state index contributed by atoms with van der Waals surface area (Å²) in [6.07, 6.45) is 0.470. The molecule has 0 aromatic heterocycles. The molecule has 2 heterocycles. The van der Waals surface area contributed by atoms with Crippen molar-refractivity contribution in [3.05, 3.63) is 71.6 Å². The van der Waals surface area contributed by atoms with Crippen LogP contribution >= 0.6 is 0 Å². The summed E-state index contributed by atoms with van der Waals surface area (Å²) < 4.78 is 0. The number of amides is 1. The normalized spacial score (nSPS) is 17.0. The van der Waals surface area contributed by atoms with Crippen molar-refractivity contribution < 1.29 is 9.90 Å². The van der Waals surface area contributed by atoms with E-state index in [4.69, 9.17) is 0 Å². The van der Waals surface area contributed by atoms with Crippen molar-refractivity contribution >= 4 is 17.3 Å². The Labute approximate surface area is 146 Å². The summed E-state index contributed by atoms with van der Waals surface area (Å²) in [5.41, 5.74) is 3.70. The van der Waals surface area contributed by atoms with E-state index in [9.17, 15) is 9.90 Å². The molecule has 2 aromatic rings. The molecule has 0 atom stereocenters. The van der Waals surface area contributed by atoms with Crippen molar-refractivity contribution in [3.8, 4) is 5.75 Å². The Kier molecular flexibility index (Phi) is 3.76. The molecular weight excluding hydrogens is 314 g/mol. The van der Waals surface area contributed by atoms with Gasteiger partial charge in [-0.05, 0) is 42.3 Å². The average Bonchev–Trinajstić information content (AvgIpc) is 2.94. The third-order valence-corrected chi connectivity index (χ3v) is 4.54. The molecule has 25 heavy (non-hydrogen) atoms. The molecule has 0 radical (unpaired) electrons.